The van der Waals surface area contributed by atoms with Crippen LogP contribution in [0.3, 0.4) is 0 Å². The summed E-state index contributed by atoms with van der Waals surface area (Å²) in [4.78, 5) is 2.46. The van der Waals surface area contributed by atoms with Crippen molar-refractivity contribution >= 4 is 0 Å². The van der Waals surface area contributed by atoms with E-state index in [1.807, 2.05) is 0 Å². The van der Waals surface area contributed by atoms with Crippen molar-refractivity contribution in [3.05, 3.63) is 12.2 Å². The third-order valence-corrected chi connectivity index (χ3v) is 2.49. The fourth-order valence-electron chi connectivity index (χ4n) is 1.88. The molecule has 0 aromatic rings. The molecule has 2 heteroatoms. The third-order valence-electron chi connectivity index (χ3n) is 2.49. The zero-order valence-corrected chi connectivity index (χ0v) is 8.05. The highest BCUT2D eigenvalue weighted by atomic mass is 15.2. The van der Waals surface area contributed by atoms with Crippen LogP contribution in [0.1, 0.15) is 26.2 Å². The molecule has 0 radical (unpaired) electrons. The Bertz CT molecular complexity index is 154. The number of likely N-dealkylation sites (tertiary alicyclic amines) is 1. The van der Waals surface area contributed by atoms with Crippen LogP contribution in [0.15, 0.2) is 12.2 Å². The molecule has 1 saturated heterocycles. The van der Waals surface area contributed by atoms with Gasteiger partial charge in [-0.05, 0) is 26.3 Å². The quantitative estimate of drug-likeness (QED) is 0.645. The van der Waals surface area contributed by atoms with Crippen LogP contribution in [-0.4, -0.2) is 30.6 Å². The van der Waals surface area contributed by atoms with Crippen molar-refractivity contribution in [2.75, 3.05) is 19.6 Å². The molecule has 12 heavy (non-hydrogen) atoms. The molecule has 0 aromatic heterocycles. The first-order chi connectivity index (χ1) is 5.74. The van der Waals surface area contributed by atoms with E-state index in [1.54, 1.807) is 0 Å². The summed E-state index contributed by atoms with van der Waals surface area (Å²) in [7, 11) is 0. The van der Waals surface area contributed by atoms with Gasteiger partial charge in [0.15, 0.2) is 0 Å². The smallest absolute Gasteiger partial charge is 0.0221 e. The summed E-state index contributed by atoms with van der Waals surface area (Å²) >= 11 is 0. The minimum atomic E-state index is 0.607. The Morgan fingerprint density at radius 2 is 2.33 bits per heavy atom. The Kier molecular flexibility index (Phi) is 3.76. The second-order valence-electron chi connectivity index (χ2n) is 3.81. The number of nitrogens with zero attached hydrogens (tertiary/aromatic N) is 1. The number of hydrogen-bond acceptors (Lipinski definition) is 2. The largest absolute Gasteiger partial charge is 0.329 e. The zero-order valence-electron chi connectivity index (χ0n) is 8.05. The summed E-state index contributed by atoms with van der Waals surface area (Å²) < 4.78 is 0. The number of nitrogens with two attached hydrogens (primary N) is 1. The van der Waals surface area contributed by atoms with E-state index >= 15 is 0 Å². The van der Waals surface area contributed by atoms with Crippen LogP contribution in [-0.2, 0) is 0 Å². The number of rotatable bonds is 3. The molecule has 0 spiro atoms. The van der Waals surface area contributed by atoms with Gasteiger partial charge in [0, 0.05) is 19.1 Å². The van der Waals surface area contributed by atoms with Crippen LogP contribution in [0.25, 0.3) is 0 Å². The summed E-state index contributed by atoms with van der Waals surface area (Å²) in [5.41, 5.74) is 6.94. The van der Waals surface area contributed by atoms with Gasteiger partial charge in [-0.1, -0.05) is 18.6 Å². The van der Waals surface area contributed by atoms with E-state index in [9.17, 15) is 0 Å². The van der Waals surface area contributed by atoms with Crippen molar-refractivity contribution < 1.29 is 0 Å². The Morgan fingerprint density at radius 1 is 1.58 bits per heavy atom. The van der Waals surface area contributed by atoms with Crippen LogP contribution in [0.2, 0.25) is 0 Å². The molecule has 0 aromatic carbocycles. The highest BCUT2D eigenvalue weighted by molar-refractivity contribution is 4.94. The summed E-state index contributed by atoms with van der Waals surface area (Å²) in [6.45, 7) is 9.05. The molecule has 1 rings (SSSR count). The van der Waals surface area contributed by atoms with E-state index in [4.69, 9.17) is 5.73 Å². The van der Waals surface area contributed by atoms with Crippen molar-refractivity contribution in [1.82, 2.24) is 4.90 Å². The van der Waals surface area contributed by atoms with Gasteiger partial charge in [0.05, 0.1) is 0 Å². The molecule has 0 aliphatic carbocycles. The second-order valence-corrected chi connectivity index (χ2v) is 3.81. The van der Waals surface area contributed by atoms with Crippen molar-refractivity contribution in [1.29, 1.82) is 0 Å². The van der Waals surface area contributed by atoms with Gasteiger partial charge in [-0.15, -0.1) is 0 Å². The minimum Gasteiger partial charge on any atom is -0.329 e. The number of piperidine rings is 1. The average molecular weight is 168 g/mol. The lowest BCUT2D eigenvalue weighted by Crippen LogP contribution is -2.44. The fraction of sp³-hybridized carbons (Fsp3) is 0.800. The highest BCUT2D eigenvalue weighted by Crippen LogP contribution is 2.16. The van der Waals surface area contributed by atoms with E-state index in [1.165, 1.54) is 31.4 Å². The topological polar surface area (TPSA) is 29.3 Å². The van der Waals surface area contributed by atoms with Gasteiger partial charge in [0.1, 0.15) is 0 Å². The summed E-state index contributed by atoms with van der Waals surface area (Å²) in [5.74, 6) is 0. The van der Waals surface area contributed by atoms with Gasteiger partial charge in [-0.2, -0.15) is 0 Å². The summed E-state index contributed by atoms with van der Waals surface area (Å²) in [5, 5.41) is 0. The predicted octanol–water partition coefficient (Wildman–Crippen LogP) is 1.38. The van der Waals surface area contributed by atoms with Crippen molar-refractivity contribution in [3.8, 4) is 0 Å². The monoisotopic (exact) mass is 168 g/mol. The van der Waals surface area contributed by atoms with Crippen molar-refractivity contribution in [2.45, 2.75) is 32.2 Å². The minimum absolute atomic E-state index is 0.607. The maximum atomic E-state index is 5.70. The van der Waals surface area contributed by atoms with Gasteiger partial charge in [-0.25, -0.2) is 0 Å². The first-order valence-corrected chi connectivity index (χ1v) is 4.82. The number of hydrogen-bond donors (Lipinski definition) is 1. The molecule has 70 valence electrons. The molecular formula is C10H20N2. The summed E-state index contributed by atoms with van der Waals surface area (Å²) in [6.07, 6.45) is 3.93. The SMILES string of the molecule is C=C(C)CN1CCCCC1CN. The second kappa shape index (κ2) is 4.63. The molecule has 1 aliphatic heterocycles. The molecule has 1 atom stereocenters. The molecule has 0 saturated carbocycles. The molecule has 1 heterocycles. The average Bonchev–Trinajstić information content (AvgIpc) is 2.04. The van der Waals surface area contributed by atoms with Crippen LogP contribution in [0, 0.1) is 0 Å². The maximum Gasteiger partial charge on any atom is 0.0221 e. The first-order valence-electron chi connectivity index (χ1n) is 4.82. The fourth-order valence-corrected chi connectivity index (χ4v) is 1.88. The molecule has 0 amide bonds. The van der Waals surface area contributed by atoms with Crippen LogP contribution < -0.4 is 5.73 Å². The lowest BCUT2D eigenvalue weighted by molar-refractivity contribution is 0.166. The van der Waals surface area contributed by atoms with E-state index in [0.29, 0.717) is 6.04 Å². The molecule has 2 nitrogen and oxygen atoms in total. The molecule has 1 fully saturated rings. The van der Waals surface area contributed by atoms with Gasteiger partial charge < -0.3 is 5.73 Å². The molecule has 0 bridgehead atoms. The van der Waals surface area contributed by atoms with Crippen LogP contribution >= 0.6 is 0 Å². The Hall–Kier alpha value is -0.340. The van der Waals surface area contributed by atoms with E-state index in [0.717, 1.165) is 13.1 Å². The van der Waals surface area contributed by atoms with Gasteiger partial charge >= 0.3 is 0 Å². The van der Waals surface area contributed by atoms with E-state index in [2.05, 4.69) is 18.4 Å². The Labute approximate surface area is 75.4 Å². The standard InChI is InChI=1S/C10H20N2/c1-9(2)8-12-6-4-3-5-10(12)7-11/h10H,1,3-8,11H2,2H3. The van der Waals surface area contributed by atoms with Gasteiger partial charge in [0.25, 0.3) is 0 Å². The van der Waals surface area contributed by atoms with Crippen LogP contribution in [0.4, 0.5) is 0 Å². The van der Waals surface area contributed by atoms with Crippen LogP contribution in [0.5, 0.6) is 0 Å². The van der Waals surface area contributed by atoms with E-state index in [-0.39, 0.29) is 0 Å². The highest BCUT2D eigenvalue weighted by Gasteiger charge is 2.20. The van der Waals surface area contributed by atoms with Gasteiger partial charge in [0.2, 0.25) is 0 Å². The normalized spacial score (nSPS) is 25.7. The molecule has 1 aliphatic rings. The first kappa shape index (κ1) is 9.75. The summed E-state index contributed by atoms with van der Waals surface area (Å²) in [6, 6.07) is 0.607. The predicted molar refractivity (Wildman–Crippen MR) is 53.1 cm³/mol. The third kappa shape index (κ3) is 2.61. The Balaban J connectivity index is 2.41. The molecule has 1 unspecified atom stereocenters. The van der Waals surface area contributed by atoms with Crippen molar-refractivity contribution in [2.24, 2.45) is 5.73 Å². The van der Waals surface area contributed by atoms with Gasteiger partial charge in [-0.3, -0.25) is 4.90 Å². The Morgan fingerprint density at radius 3 is 2.92 bits per heavy atom. The lowest BCUT2D eigenvalue weighted by Gasteiger charge is -2.35. The van der Waals surface area contributed by atoms with Crippen molar-refractivity contribution in [3.63, 3.8) is 0 Å². The lowest BCUT2D eigenvalue weighted by atomic mass is 10.0. The molecule has 2 N–H and O–H groups in total. The molecular weight excluding hydrogens is 148 g/mol. The zero-order chi connectivity index (χ0) is 8.97. The van der Waals surface area contributed by atoms with E-state index < -0.39 is 0 Å². The maximum absolute atomic E-state index is 5.70.